The van der Waals surface area contributed by atoms with Crippen molar-refractivity contribution in [3.8, 4) is 5.75 Å². The monoisotopic (exact) mass is 322 g/mol. The Morgan fingerprint density at radius 3 is 2.79 bits per heavy atom. The highest BCUT2D eigenvalue weighted by molar-refractivity contribution is 9.10. The van der Waals surface area contributed by atoms with Gasteiger partial charge in [0.15, 0.2) is 5.82 Å². The fourth-order valence-electron chi connectivity index (χ4n) is 1.36. The fourth-order valence-corrected chi connectivity index (χ4v) is 1.56. The van der Waals surface area contributed by atoms with Crippen LogP contribution in [0.5, 0.6) is 5.75 Å². The molecule has 0 spiro atoms. The van der Waals surface area contributed by atoms with Crippen molar-refractivity contribution in [2.45, 2.75) is 0 Å². The van der Waals surface area contributed by atoms with Crippen LogP contribution >= 0.6 is 15.9 Å². The van der Waals surface area contributed by atoms with Crippen LogP contribution in [0.4, 0.5) is 16.3 Å². The number of benzene rings is 1. The highest BCUT2D eigenvalue weighted by Gasteiger charge is 2.04. The summed E-state index contributed by atoms with van der Waals surface area (Å²) in [5, 5.41) is 5.24. The first-order chi connectivity index (χ1) is 9.17. The minimum absolute atomic E-state index is 0.364. The Kier molecular flexibility index (Phi) is 4.30. The average Bonchev–Trinajstić information content (AvgIpc) is 2.41. The largest absolute Gasteiger partial charge is 0.497 e. The maximum absolute atomic E-state index is 11.7. The SMILES string of the molecule is COc1cccc(NC(=O)Nc2cnc(Br)cn2)c1. The van der Waals surface area contributed by atoms with Crippen molar-refractivity contribution in [3.63, 3.8) is 0 Å². The summed E-state index contributed by atoms with van der Waals surface area (Å²) in [6.07, 6.45) is 2.95. The molecule has 0 fully saturated rings. The predicted molar refractivity (Wildman–Crippen MR) is 75.4 cm³/mol. The molecule has 1 aromatic carbocycles. The van der Waals surface area contributed by atoms with E-state index in [4.69, 9.17) is 4.74 Å². The first kappa shape index (κ1) is 13.3. The van der Waals surface area contributed by atoms with E-state index in [1.54, 1.807) is 31.4 Å². The smallest absolute Gasteiger partial charge is 0.324 e. The number of nitrogens with one attached hydrogen (secondary N) is 2. The van der Waals surface area contributed by atoms with Gasteiger partial charge in [0.1, 0.15) is 10.4 Å². The van der Waals surface area contributed by atoms with Crippen molar-refractivity contribution in [2.75, 3.05) is 17.7 Å². The maximum Gasteiger partial charge on any atom is 0.324 e. The Bertz CT molecular complexity index is 574. The van der Waals surface area contributed by atoms with Gasteiger partial charge in [0.05, 0.1) is 19.5 Å². The van der Waals surface area contributed by atoms with Gasteiger partial charge >= 0.3 is 6.03 Å². The summed E-state index contributed by atoms with van der Waals surface area (Å²) in [4.78, 5) is 19.7. The van der Waals surface area contributed by atoms with E-state index in [1.807, 2.05) is 0 Å². The zero-order valence-corrected chi connectivity index (χ0v) is 11.6. The van der Waals surface area contributed by atoms with Crippen molar-refractivity contribution in [2.24, 2.45) is 0 Å². The standard InChI is InChI=1S/C12H11BrN4O2/c1-19-9-4-2-3-8(5-9)16-12(18)17-11-7-14-10(13)6-15-11/h2-7H,1H3,(H2,15,16,17,18). The second-order valence-corrected chi connectivity index (χ2v) is 4.35. The molecule has 0 saturated heterocycles. The highest BCUT2D eigenvalue weighted by atomic mass is 79.9. The van der Waals surface area contributed by atoms with Crippen molar-refractivity contribution in [3.05, 3.63) is 41.3 Å². The van der Waals surface area contributed by atoms with E-state index in [0.717, 1.165) is 0 Å². The van der Waals surface area contributed by atoms with Gasteiger partial charge in [-0.25, -0.2) is 14.8 Å². The van der Waals surface area contributed by atoms with Crippen molar-refractivity contribution in [1.82, 2.24) is 9.97 Å². The molecule has 2 rings (SSSR count). The predicted octanol–water partition coefficient (Wildman–Crippen LogP) is 2.89. The quantitative estimate of drug-likeness (QED) is 0.911. The van der Waals surface area contributed by atoms with E-state index in [0.29, 0.717) is 21.9 Å². The molecule has 2 N–H and O–H groups in total. The van der Waals surface area contributed by atoms with E-state index in [-0.39, 0.29) is 0 Å². The third kappa shape index (κ3) is 3.92. The zero-order valence-electron chi connectivity index (χ0n) is 10.1. The van der Waals surface area contributed by atoms with Gasteiger partial charge in [-0.15, -0.1) is 0 Å². The van der Waals surface area contributed by atoms with Crippen LogP contribution in [-0.2, 0) is 0 Å². The second kappa shape index (κ2) is 6.14. The van der Waals surface area contributed by atoms with E-state index >= 15 is 0 Å². The van der Waals surface area contributed by atoms with Crippen LogP contribution in [0.25, 0.3) is 0 Å². The summed E-state index contributed by atoms with van der Waals surface area (Å²) in [5.74, 6) is 1.03. The molecule has 0 radical (unpaired) electrons. The Labute approximate surface area is 118 Å². The summed E-state index contributed by atoms with van der Waals surface area (Å²) in [7, 11) is 1.57. The molecule has 2 aromatic rings. The Hall–Kier alpha value is -2.15. The first-order valence-electron chi connectivity index (χ1n) is 5.37. The lowest BCUT2D eigenvalue weighted by Crippen LogP contribution is -2.20. The molecule has 0 unspecified atom stereocenters. The fraction of sp³-hybridized carbons (Fsp3) is 0.0833. The van der Waals surface area contributed by atoms with Crippen LogP contribution in [0, 0.1) is 0 Å². The summed E-state index contributed by atoms with van der Waals surface area (Å²) in [6.45, 7) is 0. The minimum atomic E-state index is -0.398. The zero-order chi connectivity index (χ0) is 13.7. The lowest BCUT2D eigenvalue weighted by Gasteiger charge is -2.07. The van der Waals surface area contributed by atoms with Crippen LogP contribution in [0.3, 0.4) is 0 Å². The molecule has 0 aliphatic rings. The van der Waals surface area contributed by atoms with Crippen molar-refractivity contribution < 1.29 is 9.53 Å². The normalized spacial score (nSPS) is 9.79. The molecular weight excluding hydrogens is 312 g/mol. The number of halogens is 1. The van der Waals surface area contributed by atoms with Gasteiger partial charge in [0, 0.05) is 11.8 Å². The van der Waals surface area contributed by atoms with E-state index in [2.05, 4.69) is 36.5 Å². The summed E-state index contributed by atoms with van der Waals surface area (Å²) in [6, 6.07) is 6.66. The number of rotatable bonds is 3. The molecule has 2 amide bonds. The number of ether oxygens (including phenoxy) is 1. The van der Waals surface area contributed by atoms with E-state index in [1.165, 1.54) is 12.4 Å². The molecular formula is C12H11BrN4O2. The third-order valence-corrected chi connectivity index (χ3v) is 2.60. The molecule has 19 heavy (non-hydrogen) atoms. The molecule has 98 valence electrons. The summed E-state index contributed by atoms with van der Waals surface area (Å²) in [5.41, 5.74) is 0.627. The molecule has 0 aliphatic carbocycles. The van der Waals surface area contributed by atoms with Gasteiger partial charge in [-0.1, -0.05) is 6.07 Å². The molecule has 1 heterocycles. The van der Waals surface area contributed by atoms with Gasteiger partial charge in [0.2, 0.25) is 0 Å². The Morgan fingerprint density at radius 2 is 2.11 bits per heavy atom. The van der Waals surface area contributed by atoms with Crippen LogP contribution in [0.1, 0.15) is 0 Å². The van der Waals surface area contributed by atoms with Crippen LogP contribution in [-0.4, -0.2) is 23.1 Å². The minimum Gasteiger partial charge on any atom is -0.497 e. The number of anilines is 2. The van der Waals surface area contributed by atoms with Crippen molar-refractivity contribution in [1.29, 1.82) is 0 Å². The van der Waals surface area contributed by atoms with E-state index in [9.17, 15) is 4.79 Å². The third-order valence-electron chi connectivity index (χ3n) is 2.19. The molecule has 0 atom stereocenters. The average molecular weight is 323 g/mol. The number of hydrogen-bond acceptors (Lipinski definition) is 4. The number of methoxy groups -OCH3 is 1. The summed E-state index contributed by atoms with van der Waals surface area (Å²) < 4.78 is 5.67. The number of amides is 2. The number of carbonyl (C=O) groups is 1. The molecule has 7 heteroatoms. The van der Waals surface area contributed by atoms with Gasteiger partial charge in [-0.3, -0.25) is 5.32 Å². The molecule has 0 saturated carbocycles. The van der Waals surface area contributed by atoms with Gasteiger partial charge in [-0.2, -0.15) is 0 Å². The van der Waals surface area contributed by atoms with Gasteiger partial charge in [0.25, 0.3) is 0 Å². The number of nitrogens with zero attached hydrogens (tertiary/aromatic N) is 2. The number of carbonyl (C=O) groups excluding carboxylic acids is 1. The van der Waals surface area contributed by atoms with Crippen LogP contribution in [0.15, 0.2) is 41.3 Å². The lowest BCUT2D eigenvalue weighted by molar-refractivity contribution is 0.262. The molecule has 1 aromatic heterocycles. The van der Waals surface area contributed by atoms with Gasteiger partial charge < -0.3 is 10.1 Å². The maximum atomic E-state index is 11.7. The molecule has 0 aliphatic heterocycles. The van der Waals surface area contributed by atoms with E-state index < -0.39 is 6.03 Å². The summed E-state index contributed by atoms with van der Waals surface area (Å²) >= 11 is 3.17. The first-order valence-corrected chi connectivity index (χ1v) is 6.16. The Balaban J connectivity index is 1.99. The van der Waals surface area contributed by atoms with Crippen LogP contribution in [0.2, 0.25) is 0 Å². The number of hydrogen-bond donors (Lipinski definition) is 2. The second-order valence-electron chi connectivity index (χ2n) is 3.54. The topological polar surface area (TPSA) is 76.1 Å². The molecule has 0 bridgehead atoms. The number of urea groups is 1. The molecule has 6 nitrogen and oxygen atoms in total. The van der Waals surface area contributed by atoms with Gasteiger partial charge in [-0.05, 0) is 28.1 Å². The number of aromatic nitrogens is 2. The van der Waals surface area contributed by atoms with Crippen molar-refractivity contribution >= 4 is 33.5 Å². The highest BCUT2D eigenvalue weighted by Crippen LogP contribution is 2.16. The van der Waals surface area contributed by atoms with Crippen LogP contribution < -0.4 is 15.4 Å². The Morgan fingerprint density at radius 1 is 1.26 bits per heavy atom. The lowest BCUT2D eigenvalue weighted by atomic mass is 10.3.